The van der Waals surface area contributed by atoms with Crippen LogP contribution in [0.3, 0.4) is 0 Å². The lowest BCUT2D eigenvalue weighted by atomic mass is 9.88. The summed E-state index contributed by atoms with van der Waals surface area (Å²) >= 11 is 0. The molecule has 0 saturated heterocycles. The van der Waals surface area contributed by atoms with Gasteiger partial charge in [0.25, 0.3) is 0 Å². The molecule has 0 aromatic carbocycles. The van der Waals surface area contributed by atoms with Crippen LogP contribution in [-0.2, 0) is 11.3 Å². The van der Waals surface area contributed by atoms with E-state index >= 15 is 0 Å². The van der Waals surface area contributed by atoms with Crippen LogP contribution < -0.4 is 11.1 Å². The normalized spacial score (nSPS) is 19.0. The molecule has 0 radical (unpaired) electrons. The van der Waals surface area contributed by atoms with Crippen molar-refractivity contribution in [3.05, 3.63) is 36.4 Å². The van der Waals surface area contributed by atoms with Gasteiger partial charge in [0, 0.05) is 37.5 Å². The monoisotopic (exact) mass is 392 g/mol. The molecule has 4 heterocycles. The first-order valence-electron chi connectivity index (χ1n) is 9.82. The molecule has 9 nitrogen and oxygen atoms in total. The Morgan fingerprint density at radius 2 is 2.10 bits per heavy atom. The smallest absolute Gasteiger partial charge is 0.241 e. The lowest BCUT2D eigenvalue weighted by Gasteiger charge is -2.32. The maximum atomic E-state index is 5.85. The van der Waals surface area contributed by atoms with Gasteiger partial charge in [-0.3, -0.25) is 0 Å². The minimum atomic E-state index is 0.288. The highest BCUT2D eigenvalue weighted by molar-refractivity contribution is 5.82. The summed E-state index contributed by atoms with van der Waals surface area (Å²) < 4.78 is 9.15. The predicted molar refractivity (Wildman–Crippen MR) is 111 cm³/mol. The van der Waals surface area contributed by atoms with Crippen LogP contribution in [0.5, 0.6) is 0 Å². The largest absolute Gasteiger partial charge is 0.383 e. The molecular formula is C20H24N8O. The van der Waals surface area contributed by atoms with Gasteiger partial charge in [-0.1, -0.05) is 0 Å². The molecular weight excluding hydrogens is 368 g/mol. The molecule has 0 spiro atoms. The third kappa shape index (κ3) is 3.22. The van der Waals surface area contributed by atoms with Crippen molar-refractivity contribution in [2.45, 2.75) is 38.4 Å². The van der Waals surface area contributed by atoms with Crippen molar-refractivity contribution in [3.8, 4) is 11.3 Å². The highest BCUT2D eigenvalue weighted by Gasteiger charge is 2.26. The molecule has 29 heavy (non-hydrogen) atoms. The molecule has 1 fully saturated rings. The molecule has 0 amide bonds. The molecule has 3 N–H and O–H groups in total. The Labute approximate surface area is 167 Å². The predicted octanol–water partition coefficient (Wildman–Crippen LogP) is 2.00. The number of aryl methyl sites for hydroxylation is 1. The highest BCUT2D eigenvalue weighted by atomic mass is 16.5. The van der Waals surface area contributed by atoms with Crippen molar-refractivity contribution in [2.24, 2.45) is 5.73 Å². The molecule has 4 aromatic heterocycles. The van der Waals surface area contributed by atoms with E-state index in [2.05, 4.69) is 25.0 Å². The first-order chi connectivity index (χ1) is 14.1. The quantitative estimate of drug-likeness (QED) is 0.517. The number of anilines is 1. The van der Waals surface area contributed by atoms with Crippen molar-refractivity contribution in [3.63, 3.8) is 0 Å². The maximum absolute atomic E-state index is 5.85. The van der Waals surface area contributed by atoms with Gasteiger partial charge in [0.1, 0.15) is 11.3 Å². The lowest BCUT2D eigenvalue weighted by molar-refractivity contribution is 0.187. The molecule has 0 bridgehead atoms. The maximum Gasteiger partial charge on any atom is 0.241 e. The van der Waals surface area contributed by atoms with E-state index in [4.69, 9.17) is 15.5 Å². The van der Waals surface area contributed by atoms with Crippen LogP contribution >= 0.6 is 0 Å². The number of pyridine rings is 1. The van der Waals surface area contributed by atoms with Gasteiger partial charge in [-0.2, -0.15) is 0 Å². The average Bonchev–Trinajstić information content (AvgIpc) is 3.24. The Kier molecular flexibility index (Phi) is 4.40. The van der Waals surface area contributed by atoms with Gasteiger partial charge in [0.15, 0.2) is 5.65 Å². The summed E-state index contributed by atoms with van der Waals surface area (Å²) in [6.45, 7) is 3.32. The van der Waals surface area contributed by atoms with E-state index < -0.39 is 0 Å². The molecule has 4 aromatic rings. The van der Waals surface area contributed by atoms with E-state index in [1.165, 1.54) is 0 Å². The van der Waals surface area contributed by atoms with Crippen LogP contribution in [0.1, 0.15) is 18.7 Å². The topological polar surface area (TPSA) is 108 Å². The summed E-state index contributed by atoms with van der Waals surface area (Å²) in [5.74, 6) is 1.55. The van der Waals surface area contributed by atoms with Gasteiger partial charge in [-0.15, -0.1) is 5.10 Å². The SMILES string of the molecule is COCCn1c(C)nc2ccc(-c3ccn4nc(NC5CC(N)C5)ncc34)nc21. The zero-order valence-electron chi connectivity index (χ0n) is 16.5. The van der Waals surface area contributed by atoms with Crippen molar-refractivity contribution in [1.29, 1.82) is 0 Å². The first-order valence-corrected chi connectivity index (χ1v) is 9.82. The molecule has 9 heteroatoms. The third-order valence-electron chi connectivity index (χ3n) is 5.50. The Bertz CT molecular complexity index is 1170. The van der Waals surface area contributed by atoms with Crippen LogP contribution in [0, 0.1) is 6.92 Å². The molecule has 5 rings (SSSR count). The number of nitrogens with two attached hydrogens (primary N) is 1. The minimum absolute atomic E-state index is 0.288. The van der Waals surface area contributed by atoms with Crippen LogP contribution in [-0.4, -0.2) is 54.9 Å². The summed E-state index contributed by atoms with van der Waals surface area (Å²) in [7, 11) is 1.70. The summed E-state index contributed by atoms with van der Waals surface area (Å²) in [6, 6.07) is 6.67. The van der Waals surface area contributed by atoms with E-state index in [1.54, 1.807) is 7.11 Å². The summed E-state index contributed by atoms with van der Waals surface area (Å²) in [4.78, 5) is 14.0. The van der Waals surface area contributed by atoms with Crippen molar-refractivity contribution < 1.29 is 4.74 Å². The Morgan fingerprint density at radius 1 is 1.24 bits per heavy atom. The second kappa shape index (κ2) is 7.09. The number of hydrogen-bond donors (Lipinski definition) is 2. The number of fused-ring (bicyclic) bond motifs is 2. The van der Waals surface area contributed by atoms with Crippen LogP contribution in [0.25, 0.3) is 27.9 Å². The fraction of sp³-hybridized carbons (Fsp3) is 0.400. The van der Waals surface area contributed by atoms with E-state index in [0.29, 0.717) is 18.6 Å². The van der Waals surface area contributed by atoms with Crippen LogP contribution in [0.2, 0.25) is 0 Å². The number of nitrogens with one attached hydrogen (secondary N) is 1. The summed E-state index contributed by atoms with van der Waals surface area (Å²) in [6.07, 6.45) is 5.68. The number of ether oxygens (including phenoxy) is 1. The van der Waals surface area contributed by atoms with Gasteiger partial charge in [0.05, 0.1) is 24.0 Å². The average molecular weight is 392 g/mol. The van der Waals surface area contributed by atoms with Gasteiger partial charge in [0.2, 0.25) is 5.95 Å². The Hall–Kier alpha value is -3.04. The Morgan fingerprint density at radius 3 is 2.90 bits per heavy atom. The molecule has 0 aliphatic heterocycles. The molecule has 0 atom stereocenters. The standard InChI is InChI=1S/C20H24N8O/c1-12-23-17-4-3-16(25-19(17)27(12)7-8-29-2)15-5-6-28-18(15)11-22-20(26-28)24-14-9-13(21)10-14/h3-6,11,13-14H,7-10,21H2,1-2H3,(H,24,26). The van der Waals surface area contributed by atoms with Crippen LogP contribution in [0.4, 0.5) is 5.95 Å². The van der Waals surface area contributed by atoms with Gasteiger partial charge < -0.3 is 20.4 Å². The third-order valence-corrected chi connectivity index (χ3v) is 5.50. The van der Waals surface area contributed by atoms with Crippen LogP contribution in [0.15, 0.2) is 30.6 Å². The number of hydrogen-bond acceptors (Lipinski definition) is 7. The number of imidazole rings is 1. The second-order valence-corrected chi connectivity index (χ2v) is 7.56. The van der Waals surface area contributed by atoms with Gasteiger partial charge in [-0.05, 0) is 38.0 Å². The number of nitrogens with zero attached hydrogens (tertiary/aromatic N) is 6. The fourth-order valence-electron chi connectivity index (χ4n) is 3.86. The van der Waals surface area contributed by atoms with E-state index in [0.717, 1.165) is 53.1 Å². The number of rotatable bonds is 6. The van der Waals surface area contributed by atoms with E-state index in [9.17, 15) is 0 Å². The zero-order chi connectivity index (χ0) is 20.0. The number of methoxy groups -OCH3 is 1. The molecule has 1 aliphatic carbocycles. The van der Waals surface area contributed by atoms with Crippen molar-refractivity contribution in [2.75, 3.05) is 19.0 Å². The van der Waals surface area contributed by atoms with E-state index in [-0.39, 0.29) is 6.04 Å². The number of aromatic nitrogens is 6. The lowest BCUT2D eigenvalue weighted by Crippen LogP contribution is -2.44. The van der Waals surface area contributed by atoms with Crippen molar-refractivity contribution >= 4 is 22.6 Å². The summed E-state index contributed by atoms with van der Waals surface area (Å²) in [5, 5.41) is 7.93. The zero-order valence-corrected chi connectivity index (χ0v) is 16.5. The molecule has 1 aliphatic rings. The van der Waals surface area contributed by atoms with Gasteiger partial charge in [-0.25, -0.2) is 19.5 Å². The Balaban J connectivity index is 1.49. The molecule has 150 valence electrons. The summed E-state index contributed by atoms with van der Waals surface area (Å²) in [5.41, 5.74) is 10.4. The first kappa shape index (κ1) is 18.0. The second-order valence-electron chi connectivity index (χ2n) is 7.56. The van der Waals surface area contributed by atoms with Crippen molar-refractivity contribution in [1.82, 2.24) is 29.1 Å². The molecule has 1 saturated carbocycles. The van der Waals surface area contributed by atoms with Gasteiger partial charge >= 0.3 is 0 Å². The fourth-order valence-corrected chi connectivity index (χ4v) is 3.86. The highest BCUT2D eigenvalue weighted by Crippen LogP contribution is 2.27. The minimum Gasteiger partial charge on any atom is -0.383 e. The van der Waals surface area contributed by atoms with E-state index in [1.807, 2.05) is 42.0 Å². The molecule has 0 unspecified atom stereocenters.